The summed E-state index contributed by atoms with van der Waals surface area (Å²) < 4.78 is 5.64. The van der Waals surface area contributed by atoms with Crippen molar-refractivity contribution in [1.82, 2.24) is 9.80 Å². The summed E-state index contributed by atoms with van der Waals surface area (Å²) in [6, 6.07) is 12.2. The Morgan fingerprint density at radius 2 is 1.93 bits per heavy atom. The summed E-state index contributed by atoms with van der Waals surface area (Å²) in [7, 11) is 0. The molecular weight excluding hydrogens is 376 g/mol. The lowest BCUT2D eigenvalue weighted by atomic mass is 10.2. The van der Waals surface area contributed by atoms with E-state index in [1.54, 1.807) is 23.1 Å². The minimum absolute atomic E-state index is 0.155. The fourth-order valence-electron chi connectivity index (χ4n) is 3.08. The van der Waals surface area contributed by atoms with Gasteiger partial charge < -0.3 is 9.64 Å². The Hall–Kier alpha value is -1.34. The van der Waals surface area contributed by atoms with Crippen LogP contribution in [0.25, 0.3) is 0 Å². The van der Waals surface area contributed by atoms with E-state index in [2.05, 4.69) is 42.3 Å². The molecule has 1 fully saturated rings. The molecule has 1 amide bonds. The maximum Gasteiger partial charge on any atom is 0.255 e. The third-order valence-corrected chi connectivity index (χ3v) is 6.77. The van der Waals surface area contributed by atoms with E-state index in [1.807, 2.05) is 23.1 Å². The zero-order chi connectivity index (χ0) is 19.1. The molecule has 0 bridgehead atoms. The second-order valence-electron chi connectivity index (χ2n) is 6.92. The second-order valence-corrected chi connectivity index (χ2v) is 8.97. The summed E-state index contributed by atoms with van der Waals surface area (Å²) in [5, 5.41) is 2.10. The van der Waals surface area contributed by atoms with Gasteiger partial charge in [-0.1, -0.05) is 18.2 Å². The van der Waals surface area contributed by atoms with Crippen molar-refractivity contribution in [3.63, 3.8) is 0 Å². The Morgan fingerprint density at radius 3 is 2.63 bits per heavy atom. The first-order valence-electron chi connectivity index (χ1n) is 9.51. The topological polar surface area (TPSA) is 32.8 Å². The quantitative estimate of drug-likeness (QED) is 0.617. The van der Waals surface area contributed by atoms with Gasteiger partial charge in [0, 0.05) is 48.2 Å². The summed E-state index contributed by atoms with van der Waals surface area (Å²) in [6.45, 7) is 9.21. The molecule has 0 radical (unpaired) electrons. The Kier molecular flexibility index (Phi) is 7.76. The van der Waals surface area contributed by atoms with Crippen LogP contribution in [-0.2, 0) is 10.5 Å². The number of carbonyl (C=O) groups excluding carboxylic acids is 1. The van der Waals surface area contributed by atoms with Crippen LogP contribution in [0.2, 0.25) is 0 Å². The smallest absolute Gasteiger partial charge is 0.255 e. The van der Waals surface area contributed by atoms with E-state index in [-0.39, 0.29) is 12.0 Å². The van der Waals surface area contributed by atoms with Crippen LogP contribution in [0.15, 0.2) is 46.7 Å². The number of rotatable bonds is 8. The van der Waals surface area contributed by atoms with E-state index in [4.69, 9.17) is 4.74 Å². The first kappa shape index (κ1) is 20.4. The van der Waals surface area contributed by atoms with Gasteiger partial charge in [-0.05, 0) is 37.4 Å². The number of amides is 1. The molecule has 1 aromatic heterocycles. The average molecular weight is 405 g/mol. The first-order chi connectivity index (χ1) is 13.1. The van der Waals surface area contributed by atoms with Gasteiger partial charge in [0.25, 0.3) is 5.91 Å². The molecule has 2 heterocycles. The number of hydrogen-bond donors (Lipinski definition) is 0. The minimum atomic E-state index is 0.155. The molecule has 146 valence electrons. The van der Waals surface area contributed by atoms with E-state index >= 15 is 0 Å². The van der Waals surface area contributed by atoms with Gasteiger partial charge in [-0.25, -0.2) is 0 Å². The molecule has 1 aliphatic rings. The molecule has 1 aliphatic heterocycles. The number of nitrogens with zero attached hydrogens (tertiary/aromatic N) is 2. The maximum absolute atomic E-state index is 13.1. The lowest BCUT2D eigenvalue weighted by Crippen LogP contribution is -2.49. The van der Waals surface area contributed by atoms with Gasteiger partial charge in [-0.2, -0.15) is 0 Å². The van der Waals surface area contributed by atoms with Crippen molar-refractivity contribution in [2.45, 2.75) is 30.6 Å². The van der Waals surface area contributed by atoms with E-state index in [9.17, 15) is 4.79 Å². The standard InChI is InChI=1S/C21H28N2O2S2/c1-17(2)25-14-13-22-9-11-23(12-10-22)21(24)19-7-3-4-8-20(19)27-16-18-6-5-15-26-18/h3-8,15,17H,9-14,16H2,1-2H3. The lowest BCUT2D eigenvalue weighted by Gasteiger charge is -2.35. The van der Waals surface area contributed by atoms with Gasteiger partial charge in [0.1, 0.15) is 0 Å². The summed E-state index contributed by atoms with van der Waals surface area (Å²) in [6.07, 6.45) is 0.274. The van der Waals surface area contributed by atoms with Crippen molar-refractivity contribution in [2.75, 3.05) is 39.3 Å². The Labute approximate surface area is 170 Å². The van der Waals surface area contributed by atoms with Crippen LogP contribution in [0.5, 0.6) is 0 Å². The van der Waals surface area contributed by atoms with Crippen molar-refractivity contribution in [2.24, 2.45) is 0 Å². The normalized spacial score (nSPS) is 15.4. The number of benzene rings is 1. The molecule has 1 aromatic carbocycles. The van der Waals surface area contributed by atoms with Crippen molar-refractivity contribution in [1.29, 1.82) is 0 Å². The van der Waals surface area contributed by atoms with Gasteiger partial charge in [0.2, 0.25) is 0 Å². The van der Waals surface area contributed by atoms with Crippen LogP contribution in [0, 0.1) is 0 Å². The van der Waals surface area contributed by atoms with Crippen LogP contribution in [-0.4, -0.2) is 61.1 Å². The Morgan fingerprint density at radius 1 is 1.15 bits per heavy atom. The molecular formula is C21H28N2O2S2. The third kappa shape index (κ3) is 6.07. The van der Waals surface area contributed by atoms with Crippen LogP contribution < -0.4 is 0 Å². The highest BCUT2D eigenvalue weighted by Crippen LogP contribution is 2.28. The number of piperazine rings is 1. The van der Waals surface area contributed by atoms with Gasteiger partial charge in [-0.3, -0.25) is 9.69 Å². The molecule has 4 nitrogen and oxygen atoms in total. The summed E-state index contributed by atoms with van der Waals surface area (Å²) in [5.41, 5.74) is 0.829. The Balaban J connectivity index is 1.54. The number of carbonyl (C=O) groups is 1. The number of hydrogen-bond acceptors (Lipinski definition) is 5. The monoisotopic (exact) mass is 404 g/mol. The van der Waals surface area contributed by atoms with E-state index in [0.717, 1.165) is 55.5 Å². The van der Waals surface area contributed by atoms with E-state index in [0.29, 0.717) is 0 Å². The van der Waals surface area contributed by atoms with Crippen molar-refractivity contribution in [3.8, 4) is 0 Å². The molecule has 27 heavy (non-hydrogen) atoms. The lowest BCUT2D eigenvalue weighted by molar-refractivity contribution is 0.0405. The van der Waals surface area contributed by atoms with Gasteiger partial charge in [0.05, 0.1) is 18.3 Å². The average Bonchev–Trinajstić information content (AvgIpc) is 3.20. The molecule has 0 spiro atoms. The SMILES string of the molecule is CC(C)OCCN1CCN(C(=O)c2ccccc2SCc2cccs2)CC1. The van der Waals surface area contributed by atoms with Gasteiger partial charge in [-0.15, -0.1) is 23.1 Å². The predicted octanol–water partition coefficient (Wildman–Crippen LogP) is 4.22. The minimum Gasteiger partial charge on any atom is -0.377 e. The third-order valence-electron chi connectivity index (χ3n) is 4.59. The van der Waals surface area contributed by atoms with Gasteiger partial charge >= 0.3 is 0 Å². The molecule has 0 unspecified atom stereocenters. The van der Waals surface area contributed by atoms with Crippen molar-refractivity contribution >= 4 is 29.0 Å². The highest BCUT2D eigenvalue weighted by molar-refractivity contribution is 7.98. The van der Waals surface area contributed by atoms with Crippen LogP contribution in [0.3, 0.4) is 0 Å². The fraction of sp³-hybridized carbons (Fsp3) is 0.476. The predicted molar refractivity (Wildman–Crippen MR) is 114 cm³/mol. The first-order valence-corrected chi connectivity index (χ1v) is 11.4. The van der Waals surface area contributed by atoms with Gasteiger partial charge in [0.15, 0.2) is 0 Å². The highest BCUT2D eigenvalue weighted by atomic mass is 32.2. The fourth-order valence-corrected chi connectivity index (χ4v) is 4.89. The van der Waals surface area contributed by atoms with E-state index in [1.165, 1.54) is 4.88 Å². The highest BCUT2D eigenvalue weighted by Gasteiger charge is 2.23. The number of thiophene rings is 1. The zero-order valence-corrected chi connectivity index (χ0v) is 17.7. The molecule has 0 N–H and O–H groups in total. The number of thioether (sulfide) groups is 1. The van der Waals surface area contributed by atoms with Crippen molar-refractivity contribution in [3.05, 3.63) is 52.2 Å². The summed E-state index contributed by atoms with van der Waals surface area (Å²) >= 11 is 3.51. The summed E-state index contributed by atoms with van der Waals surface area (Å²) in [4.78, 5) is 19.8. The molecule has 2 aromatic rings. The molecule has 0 aliphatic carbocycles. The van der Waals surface area contributed by atoms with Crippen LogP contribution in [0.1, 0.15) is 29.1 Å². The maximum atomic E-state index is 13.1. The molecule has 1 saturated heterocycles. The molecule has 0 atom stereocenters. The largest absolute Gasteiger partial charge is 0.377 e. The second kappa shape index (κ2) is 10.3. The molecule has 0 saturated carbocycles. The van der Waals surface area contributed by atoms with Crippen LogP contribution in [0.4, 0.5) is 0 Å². The molecule has 6 heteroatoms. The Bertz CT molecular complexity index is 711. The van der Waals surface area contributed by atoms with Crippen LogP contribution >= 0.6 is 23.1 Å². The van der Waals surface area contributed by atoms with Crippen molar-refractivity contribution < 1.29 is 9.53 Å². The summed E-state index contributed by atoms with van der Waals surface area (Å²) in [5.74, 6) is 1.06. The van der Waals surface area contributed by atoms with E-state index < -0.39 is 0 Å². The zero-order valence-electron chi connectivity index (χ0n) is 16.1. The number of ether oxygens (including phenoxy) is 1. The molecule has 3 rings (SSSR count).